The number of aliphatic carboxylic acids is 1. The third kappa shape index (κ3) is 6.20. The topological polar surface area (TPSA) is 75.4 Å². The van der Waals surface area contributed by atoms with Crippen LogP contribution >= 0.6 is 11.6 Å². The van der Waals surface area contributed by atoms with Crippen molar-refractivity contribution in [2.24, 2.45) is 5.92 Å². The summed E-state index contributed by atoms with van der Waals surface area (Å²) in [5.74, 6) is -2.27. The van der Waals surface area contributed by atoms with Crippen LogP contribution in [0.4, 0.5) is 13.2 Å². The molecular formula is C31H31ClF3N3O3. The third-order valence-corrected chi connectivity index (χ3v) is 8.46. The van der Waals surface area contributed by atoms with Crippen molar-refractivity contribution in [2.45, 2.75) is 64.2 Å². The lowest BCUT2D eigenvalue weighted by molar-refractivity contribution is -0.147. The molecule has 1 fully saturated rings. The van der Waals surface area contributed by atoms with E-state index in [0.717, 1.165) is 34.0 Å². The van der Waals surface area contributed by atoms with Gasteiger partial charge in [-0.1, -0.05) is 53.6 Å². The van der Waals surface area contributed by atoms with Crippen LogP contribution in [0.15, 0.2) is 60.3 Å². The number of amides is 1. The summed E-state index contributed by atoms with van der Waals surface area (Å²) in [6.07, 6.45) is -1.48. The van der Waals surface area contributed by atoms with Gasteiger partial charge in [-0.05, 0) is 79.8 Å². The molecule has 10 heteroatoms. The Morgan fingerprint density at radius 1 is 1.07 bits per heavy atom. The van der Waals surface area contributed by atoms with E-state index in [4.69, 9.17) is 11.6 Å². The number of fused-ring (bicyclic) bond motifs is 1. The number of carbonyl (C=O) groups excluding carboxylic acids is 1. The molecule has 1 aromatic heterocycles. The van der Waals surface area contributed by atoms with Gasteiger partial charge < -0.3 is 10.0 Å². The van der Waals surface area contributed by atoms with E-state index in [-0.39, 0.29) is 38.8 Å². The first-order chi connectivity index (χ1) is 19.5. The lowest BCUT2D eigenvalue weighted by Crippen LogP contribution is -2.34. The Kier molecular flexibility index (Phi) is 8.27. The molecule has 41 heavy (non-hydrogen) atoms. The summed E-state index contributed by atoms with van der Waals surface area (Å²) in [5, 5.41) is 13.9. The molecule has 5 rings (SSSR count). The predicted octanol–water partition coefficient (Wildman–Crippen LogP) is 7.43. The number of carboxylic acids is 1. The van der Waals surface area contributed by atoms with Crippen molar-refractivity contribution < 1.29 is 27.9 Å². The molecule has 2 aliphatic rings. The van der Waals surface area contributed by atoms with Crippen molar-refractivity contribution in [1.82, 2.24) is 14.7 Å². The van der Waals surface area contributed by atoms with Gasteiger partial charge in [0.25, 0.3) is 5.91 Å². The molecule has 0 bridgehead atoms. The van der Waals surface area contributed by atoms with Gasteiger partial charge in [0.2, 0.25) is 0 Å². The minimum atomic E-state index is -4.82. The SMILES string of the molecule is CC1=C(CCN(Cc2ccc(Cl)cc2)C(=O)c2cnn(C3CCC(C(=O)O)CC3)c2C(F)(F)F)c2ccccc2C1. The molecule has 1 N–H and O–H groups in total. The quantitative estimate of drug-likeness (QED) is 0.298. The lowest BCUT2D eigenvalue weighted by atomic mass is 9.86. The first-order valence-electron chi connectivity index (χ1n) is 13.7. The minimum Gasteiger partial charge on any atom is -0.481 e. The average molecular weight is 586 g/mol. The standard InChI is InChI=1S/C31H31ClF3N3O3/c1-19-16-22-4-2-3-5-26(22)25(19)14-15-37(18-20-6-10-23(32)11-7-20)29(39)27-17-36-38(28(27)31(33,34)35)24-12-8-21(9-13-24)30(40)41/h2-7,10-11,17,21,24H,8-9,12-16,18H2,1H3,(H,40,41). The number of halogens is 4. The summed E-state index contributed by atoms with van der Waals surface area (Å²) < 4.78 is 44.4. The normalized spacial score (nSPS) is 18.9. The van der Waals surface area contributed by atoms with E-state index in [0.29, 0.717) is 11.4 Å². The summed E-state index contributed by atoms with van der Waals surface area (Å²) in [5.41, 5.74) is 3.78. The van der Waals surface area contributed by atoms with Gasteiger partial charge in [-0.25, -0.2) is 0 Å². The van der Waals surface area contributed by atoms with E-state index in [1.807, 2.05) is 25.1 Å². The van der Waals surface area contributed by atoms with Gasteiger partial charge in [-0.15, -0.1) is 0 Å². The Morgan fingerprint density at radius 3 is 2.41 bits per heavy atom. The highest BCUT2D eigenvalue weighted by Gasteiger charge is 2.43. The number of aromatic nitrogens is 2. The number of alkyl halides is 3. The second kappa shape index (κ2) is 11.7. The Labute approximate surface area is 241 Å². The van der Waals surface area contributed by atoms with Crippen LogP contribution in [-0.2, 0) is 23.9 Å². The maximum atomic E-state index is 14.5. The molecule has 1 saturated carbocycles. The third-order valence-electron chi connectivity index (χ3n) is 8.21. The number of hydrogen-bond acceptors (Lipinski definition) is 3. The Morgan fingerprint density at radius 2 is 1.76 bits per heavy atom. The van der Waals surface area contributed by atoms with E-state index in [9.17, 15) is 27.9 Å². The maximum absolute atomic E-state index is 14.5. The van der Waals surface area contributed by atoms with Crippen LogP contribution in [0.1, 0.15) is 77.8 Å². The van der Waals surface area contributed by atoms with Crippen LogP contribution in [0.5, 0.6) is 0 Å². The number of nitrogens with zero attached hydrogens (tertiary/aromatic N) is 3. The highest BCUT2D eigenvalue weighted by molar-refractivity contribution is 6.30. The Balaban J connectivity index is 1.45. The highest BCUT2D eigenvalue weighted by Crippen LogP contribution is 2.40. The number of allylic oxidation sites excluding steroid dienone is 1. The molecule has 0 radical (unpaired) electrons. The highest BCUT2D eigenvalue weighted by atomic mass is 35.5. The number of carbonyl (C=O) groups is 2. The van der Waals surface area contributed by atoms with Crippen LogP contribution in [0.2, 0.25) is 5.02 Å². The summed E-state index contributed by atoms with van der Waals surface area (Å²) in [7, 11) is 0. The zero-order valence-corrected chi connectivity index (χ0v) is 23.4. The fourth-order valence-corrected chi connectivity index (χ4v) is 6.19. The Bertz CT molecular complexity index is 1470. The van der Waals surface area contributed by atoms with Crippen molar-refractivity contribution in [1.29, 1.82) is 0 Å². The number of benzene rings is 2. The summed E-state index contributed by atoms with van der Waals surface area (Å²) in [6.45, 7) is 2.37. The van der Waals surface area contributed by atoms with Gasteiger partial charge >= 0.3 is 12.1 Å². The lowest BCUT2D eigenvalue weighted by Gasteiger charge is -2.28. The molecule has 1 heterocycles. The van der Waals surface area contributed by atoms with Crippen LogP contribution in [-0.4, -0.2) is 38.2 Å². The Hall–Kier alpha value is -3.59. The molecule has 0 aliphatic heterocycles. The molecule has 216 valence electrons. The van der Waals surface area contributed by atoms with Crippen LogP contribution in [0.25, 0.3) is 5.57 Å². The van der Waals surface area contributed by atoms with Crippen molar-refractivity contribution in [3.8, 4) is 0 Å². The van der Waals surface area contributed by atoms with Crippen molar-refractivity contribution in [2.75, 3.05) is 6.54 Å². The van der Waals surface area contributed by atoms with Crippen molar-refractivity contribution in [3.63, 3.8) is 0 Å². The molecule has 0 unspecified atom stereocenters. The second-order valence-electron chi connectivity index (χ2n) is 10.9. The van der Waals surface area contributed by atoms with Gasteiger partial charge in [0.05, 0.1) is 23.7 Å². The van der Waals surface area contributed by atoms with E-state index in [1.54, 1.807) is 24.3 Å². The molecule has 3 aromatic rings. The fourth-order valence-electron chi connectivity index (χ4n) is 6.06. The van der Waals surface area contributed by atoms with E-state index < -0.39 is 41.3 Å². The van der Waals surface area contributed by atoms with Gasteiger partial charge in [-0.2, -0.15) is 18.3 Å². The monoisotopic (exact) mass is 585 g/mol. The maximum Gasteiger partial charge on any atom is 0.433 e. The molecule has 6 nitrogen and oxygen atoms in total. The van der Waals surface area contributed by atoms with Gasteiger partial charge in [0, 0.05) is 18.1 Å². The molecule has 0 spiro atoms. The van der Waals surface area contributed by atoms with Crippen molar-refractivity contribution in [3.05, 3.63) is 93.3 Å². The summed E-state index contributed by atoms with van der Waals surface area (Å²) in [4.78, 5) is 26.7. The minimum absolute atomic E-state index is 0.107. The zero-order chi connectivity index (χ0) is 29.3. The molecule has 0 atom stereocenters. The summed E-state index contributed by atoms with van der Waals surface area (Å²) >= 11 is 6.04. The van der Waals surface area contributed by atoms with E-state index in [2.05, 4.69) is 11.2 Å². The molecule has 2 aromatic carbocycles. The van der Waals surface area contributed by atoms with Crippen LogP contribution < -0.4 is 0 Å². The van der Waals surface area contributed by atoms with Gasteiger partial charge in [0.1, 0.15) is 0 Å². The fraction of sp³-hybridized carbons (Fsp3) is 0.387. The van der Waals surface area contributed by atoms with Gasteiger partial charge in [-0.3, -0.25) is 14.3 Å². The molecular weight excluding hydrogens is 555 g/mol. The molecule has 0 saturated heterocycles. The summed E-state index contributed by atoms with van der Waals surface area (Å²) in [6, 6.07) is 14.3. The molecule has 2 aliphatic carbocycles. The predicted molar refractivity (Wildman–Crippen MR) is 149 cm³/mol. The zero-order valence-electron chi connectivity index (χ0n) is 22.6. The van der Waals surface area contributed by atoms with Crippen LogP contribution in [0, 0.1) is 5.92 Å². The number of hydrogen-bond donors (Lipinski definition) is 1. The first-order valence-corrected chi connectivity index (χ1v) is 14.1. The first kappa shape index (κ1) is 28.9. The smallest absolute Gasteiger partial charge is 0.433 e. The molecule has 1 amide bonds. The number of rotatable bonds is 8. The van der Waals surface area contributed by atoms with Gasteiger partial charge in [0.15, 0.2) is 5.69 Å². The van der Waals surface area contributed by atoms with E-state index >= 15 is 0 Å². The second-order valence-corrected chi connectivity index (χ2v) is 11.3. The number of carboxylic acid groups (broad SMARTS) is 1. The average Bonchev–Trinajstić information content (AvgIpc) is 3.53. The van der Waals surface area contributed by atoms with Crippen LogP contribution in [0.3, 0.4) is 0 Å². The van der Waals surface area contributed by atoms with Crippen molar-refractivity contribution >= 4 is 29.1 Å². The van der Waals surface area contributed by atoms with E-state index in [1.165, 1.54) is 16.0 Å². The largest absolute Gasteiger partial charge is 0.481 e.